The van der Waals surface area contributed by atoms with Crippen molar-refractivity contribution in [1.82, 2.24) is 0 Å². The van der Waals surface area contributed by atoms with E-state index in [4.69, 9.17) is 27.9 Å². The standard InChI is InChI=1S/C15H15Cl2NO2/c1-20-11-7-5-10(6-8-11)18-14(9-19)12-3-2-4-13(16)15(12)17/h2-8,14,18-19H,9H2,1H3. The Morgan fingerprint density at radius 2 is 1.85 bits per heavy atom. The molecule has 20 heavy (non-hydrogen) atoms. The zero-order chi connectivity index (χ0) is 14.5. The van der Waals surface area contributed by atoms with Crippen LogP contribution >= 0.6 is 23.2 Å². The summed E-state index contributed by atoms with van der Waals surface area (Å²) in [6.07, 6.45) is 0. The molecule has 0 spiro atoms. The number of nitrogens with one attached hydrogen (secondary N) is 1. The molecule has 0 bridgehead atoms. The summed E-state index contributed by atoms with van der Waals surface area (Å²) in [5.41, 5.74) is 1.62. The molecule has 0 saturated carbocycles. The van der Waals surface area contributed by atoms with Crippen molar-refractivity contribution in [3.05, 3.63) is 58.1 Å². The molecule has 2 rings (SSSR count). The van der Waals surface area contributed by atoms with Crippen LogP contribution in [0.3, 0.4) is 0 Å². The van der Waals surface area contributed by atoms with Crippen LogP contribution in [0.1, 0.15) is 11.6 Å². The van der Waals surface area contributed by atoms with Crippen LogP contribution in [0.25, 0.3) is 0 Å². The SMILES string of the molecule is COc1ccc(NC(CO)c2cccc(Cl)c2Cl)cc1. The van der Waals surface area contributed by atoms with Crippen LogP contribution in [0.15, 0.2) is 42.5 Å². The molecule has 106 valence electrons. The minimum atomic E-state index is -0.324. The molecule has 0 amide bonds. The fraction of sp³-hybridized carbons (Fsp3) is 0.200. The normalized spacial score (nSPS) is 12.0. The Bertz CT molecular complexity index is 573. The van der Waals surface area contributed by atoms with Crippen LogP contribution in [-0.4, -0.2) is 18.8 Å². The Morgan fingerprint density at radius 3 is 2.45 bits per heavy atom. The van der Waals surface area contributed by atoms with E-state index in [1.807, 2.05) is 36.4 Å². The van der Waals surface area contributed by atoms with E-state index < -0.39 is 0 Å². The molecule has 2 N–H and O–H groups in total. The van der Waals surface area contributed by atoms with Crippen LogP contribution in [0, 0.1) is 0 Å². The zero-order valence-electron chi connectivity index (χ0n) is 10.9. The number of methoxy groups -OCH3 is 1. The first-order chi connectivity index (χ1) is 9.65. The first kappa shape index (κ1) is 15.0. The maximum atomic E-state index is 9.57. The lowest BCUT2D eigenvalue weighted by Crippen LogP contribution is -2.15. The van der Waals surface area contributed by atoms with Crippen LogP contribution in [0.5, 0.6) is 5.75 Å². The molecule has 5 heteroatoms. The van der Waals surface area contributed by atoms with Crippen LogP contribution in [0.2, 0.25) is 10.0 Å². The topological polar surface area (TPSA) is 41.5 Å². The number of rotatable bonds is 5. The Kier molecular flexibility index (Phi) is 5.12. The van der Waals surface area contributed by atoms with Crippen molar-refractivity contribution in [2.24, 2.45) is 0 Å². The van der Waals surface area contributed by atoms with Gasteiger partial charge in [0.15, 0.2) is 0 Å². The van der Waals surface area contributed by atoms with Gasteiger partial charge in [-0.1, -0.05) is 35.3 Å². The van der Waals surface area contributed by atoms with Gasteiger partial charge >= 0.3 is 0 Å². The third-order valence-electron chi connectivity index (χ3n) is 2.97. The Morgan fingerprint density at radius 1 is 1.15 bits per heavy atom. The summed E-state index contributed by atoms with van der Waals surface area (Å²) in [4.78, 5) is 0. The van der Waals surface area contributed by atoms with Gasteiger partial charge in [0.05, 0.1) is 29.8 Å². The van der Waals surface area contributed by atoms with Crippen molar-refractivity contribution in [3.63, 3.8) is 0 Å². The van der Waals surface area contributed by atoms with Gasteiger partial charge in [0.1, 0.15) is 5.75 Å². The van der Waals surface area contributed by atoms with Crippen molar-refractivity contribution in [3.8, 4) is 5.75 Å². The molecule has 0 radical (unpaired) electrons. The summed E-state index contributed by atoms with van der Waals surface area (Å²) in [5, 5.41) is 13.7. The number of aliphatic hydroxyl groups is 1. The smallest absolute Gasteiger partial charge is 0.119 e. The number of ether oxygens (including phenoxy) is 1. The summed E-state index contributed by atoms with van der Waals surface area (Å²) in [5.74, 6) is 0.775. The highest BCUT2D eigenvalue weighted by Crippen LogP contribution is 2.31. The monoisotopic (exact) mass is 311 g/mol. The van der Waals surface area contributed by atoms with E-state index in [-0.39, 0.29) is 12.6 Å². The number of hydrogen-bond acceptors (Lipinski definition) is 3. The van der Waals surface area contributed by atoms with E-state index in [0.29, 0.717) is 10.0 Å². The molecule has 2 aromatic carbocycles. The molecular formula is C15H15Cl2NO2. The van der Waals surface area contributed by atoms with Crippen LogP contribution in [0.4, 0.5) is 5.69 Å². The van der Waals surface area contributed by atoms with Crippen molar-refractivity contribution in [1.29, 1.82) is 0 Å². The van der Waals surface area contributed by atoms with E-state index in [1.54, 1.807) is 13.2 Å². The van der Waals surface area contributed by atoms with Crippen LogP contribution in [-0.2, 0) is 0 Å². The van der Waals surface area contributed by atoms with Crippen LogP contribution < -0.4 is 10.1 Å². The number of hydrogen-bond donors (Lipinski definition) is 2. The van der Waals surface area contributed by atoms with Crippen molar-refractivity contribution >= 4 is 28.9 Å². The predicted molar refractivity (Wildman–Crippen MR) is 82.9 cm³/mol. The van der Waals surface area contributed by atoms with Gasteiger partial charge in [-0.05, 0) is 35.9 Å². The van der Waals surface area contributed by atoms with Gasteiger partial charge in [-0.25, -0.2) is 0 Å². The summed E-state index contributed by atoms with van der Waals surface area (Å²) in [6.45, 7) is -0.0912. The fourth-order valence-corrected chi connectivity index (χ4v) is 2.34. The molecule has 0 aliphatic rings. The summed E-state index contributed by atoms with van der Waals surface area (Å²) >= 11 is 12.2. The third kappa shape index (κ3) is 3.37. The molecule has 2 aromatic rings. The molecule has 0 heterocycles. The Labute approximate surface area is 128 Å². The van der Waals surface area contributed by atoms with Gasteiger partial charge in [-0.15, -0.1) is 0 Å². The van der Waals surface area contributed by atoms with E-state index in [1.165, 1.54) is 0 Å². The second kappa shape index (κ2) is 6.84. The molecule has 1 unspecified atom stereocenters. The minimum absolute atomic E-state index is 0.0912. The second-order valence-corrected chi connectivity index (χ2v) is 5.04. The number of benzene rings is 2. The van der Waals surface area contributed by atoms with Gasteiger partial charge in [0.25, 0.3) is 0 Å². The summed E-state index contributed by atoms with van der Waals surface area (Å²) < 4.78 is 5.10. The van der Waals surface area contributed by atoms with Crippen molar-refractivity contribution in [2.45, 2.75) is 6.04 Å². The minimum Gasteiger partial charge on any atom is -0.497 e. The van der Waals surface area contributed by atoms with E-state index in [9.17, 15) is 5.11 Å². The number of halogens is 2. The first-order valence-electron chi connectivity index (χ1n) is 6.11. The maximum absolute atomic E-state index is 9.57. The lowest BCUT2D eigenvalue weighted by atomic mass is 10.1. The molecule has 0 aliphatic carbocycles. The zero-order valence-corrected chi connectivity index (χ0v) is 12.4. The lowest BCUT2D eigenvalue weighted by Gasteiger charge is -2.20. The van der Waals surface area contributed by atoms with E-state index >= 15 is 0 Å². The number of aliphatic hydroxyl groups excluding tert-OH is 1. The second-order valence-electron chi connectivity index (χ2n) is 4.25. The number of anilines is 1. The third-order valence-corrected chi connectivity index (χ3v) is 3.80. The van der Waals surface area contributed by atoms with Gasteiger partial charge in [-0.3, -0.25) is 0 Å². The van der Waals surface area contributed by atoms with Gasteiger partial charge in [0, 0.05) is 5.69 Å². The highest BCUT2D eigenvalue weighted by atomic mass is 35.5. The fourth-order valence-electron chi connectivity index (χ4n) is 1.90. The van der Waals surface area contributed by atoms with E-state index in [0.717, 1.165) is 17.0 Å². The average Bonchev–Trinajstić information content (AvgIpc) is 2.48. The lowest BCUT2D eigenvalue weighted by molar-refractivity contribution is 0.276. The Hall–Kier alpha value is -1.42. The van der Waals surface area contributed by atoms with Crippen molar-refractivity contribution in [2.75, 3.05) is 19.0 Å². The summed E-state index contributed by atoms with van der Waals surface area (Å²) in [7, 11) is 1.62. The average molecular weight is 312 g/mol. The molecule has 0 fully saturated rings. The molecule has 3 nitrogen and oxygen atoms in total. The molecule has 0 saturated heterocycles. The molecular weight excluding hydrogens is 297 g/mol. The summed E-state index contributed by atoms with van der Waals surface area (Å²) in [6, 6.07) is 12.5. The quantitative estimate of drug-likeness (QED) is 0.871. The predicted octanol–water partition coefficient (Wildman–Crippen LogP) is 4.15. The van der Waals surface area contributed by atoms with Gasteiger partial charge in [-0.2, -0.15) is 0 Å². The first-order valence-corrected chi connectivity index (χ1v) is 6.86. The largest absolute Gasteiger partial charge is 0.497 e. The van der Waals surface area contributed by atoms with E-state index in [2.05, 4.69) is 5.32 Å². The van der Waals surface area contributed by atoms with Gasteiger partial charge in [0.2, 0.25) is 0 Å². The van der Waals surface area contributed by atoms with Gasteiger partial charge < -0.3 is 15.2 Å². The van der Waals surface area contributed by atoms with Crippen molar-refractivity contribution < 1.29 is 9.84 Å². The highest BCUT2D eigenvalue weighted by molar-refractivity contribution is 6.42. The molecule has 0 aromatic heterocycles. The highest BCUT2D eigenvalue weighted by Gasteiger charge is 2.15. The maximum Gasteiger partial charge on any atom is 0.119 e. The molecule has 0 aliphatic heterocycles. The molecule has 1 atom stereocenters. The Balaban J connectivity index is 2.21.